The molecule has 0 aliphatic rings. The molecule has 0 fully saturated rings. The number of carbonyl (C=O) groups is 2. The number of nitrogens with one attached hydrogen (secondary N) is 2. The predicted octanol–water partition coefficient (Wildman–Crippen LogP) is 4.27. The van der Waals surface area contributed by atoms with E-state index in [-0.39, 0.29) is 11.3 Å². The van der Waals surface area contributed by atoms with Crippen LogP contribution in [-0.2, 0) is 11.3 Å². The topological polar surface area (TPSA) is 93.1 Å². The Morgan fingerprint density at radius 3 is 2.61 bits per heavy atom. The average molecular weight is 479 g/mol. The van der Waals surface area contributed by atoms with Crippen LogP contribution >= 0.6 is 22.9 Å². The molecule has 4 aromatic rings. The van der Waals surface area contributed by atoms with E-state index in [2.05, 4.69) is 16.0 Å². The van der Waals surface area contributed by atoms with Crippen LogP contribution in [0.25, 0.3) is 27.3 Å². The highest BCUT2D eigenvalue weighted by Crippen LogP contribution is 2.30. The third-order valence-electron chi connectivity index (χ3n) is 4.82. The van der Waals surface area contributed by atoms with Crippen molar-refractivity contribution in [2.75, 3.05) is 0 Å². The molecule has 0 radical (unpaired) electrons. The van der Waals surface area contributed by atoms with Crippen LogP contribution in [0.3, 0.4) is 0 Å². The fourth-order valence-electron chi connectivity index (χ4n) is 3.23. The van der Waals surface area contributed by atoms with Crippen molar-refractivity contribution in [2.24, 2.45) is 0 Å². The van der Waals surface area contributed by atoms with Crippen LogP contribution in [0, 0.1) is 0 Å². The van der Waals surface area contributed by atoms with Crippen LogP contribution in [-0.4, -0.2) is 21.6 Å². The second-order valence-corrected chi connectivity index (χ2v) is 8.56. The first kappa shape index (κ1) is 22.4. The van der Waals surface area contributed by atoms with E-state index in [4.69, 9.17) is 11.6 Å². The first-order valence-electron chi connectivity index (χ1n) is 10.1. The van der Waals surface area contributed by atoms with Gasteiger partial charge in [0.05, 0.1) is 5.39 Å². The third-order valence-corrected chi connectivity index (χ3v) is 6.15. The number of rotatable bonds is 5. The Bertz CT molecular complexity index is 1440. The molecular weight excluding hydrogens is 460 g/mol. The van der Waals surface area contributed by atoms with Crippen molar-refractivity contribution in [3.63, 3.8) is 0 Å². The number of benzene rings is 2. The SMILES string of the molecule is CCn1nc(C(=O)NNC(=O)/C=C/c2ccc(-c3cccc(Cl)c3)s2)c2ccccc2c1=O. The maximum atomic E-state index is 12.7. The molecule has 2 aromatic heterocycles. The standard InChI is InChI=1S/C24H19ClN4O3S/c1-2-29-24(32)19-9-4-3-8-18(19)22(28-29)23(31)27-26-21(30)13-11-17-10-12-20(33-17)15-6-5-7-16(25)14-15/h3-14H,2H2,1H3,(H,26,30)(H,27,31)/b13-11+. The Hall–Kier alpha value is -3.75. The van der Waals surface area contributed by atoms with Gasteiger partial charge in [0, 0.05) is 32.8 Å². The van der Waals surface area contributed by atoms with Crippen molar-refractivity contribution < 1.29 is 9.59 Å². The fourth-order valence-corrected chi connectivity index (χ4v) is 4.33. The molecule has 2 amide bonds. The van der Waals surface area contributed by atoms with Gasteiger partial charge in [0.1, 0.15) is 0 Å². The minimum absolute atomic E-state index is 0.0563. The summed E-state index contributed by atoms with van der Waals surface area (Å²) < 4.78 is 1.22. The fraction of sp³-hybridized carbons (Fsp3) is 0.0833. The lowest BCUT2D eigenvalue weighted by Gasteiger charge is -2.10. The van der Waals surface area contributed by atoms with Crippen molar-refractivity contribution >= 4 is 51.6 Å². The van der Waals surface area contributed by atoms with Crippen LogP contribution in [0.15, 0.2) is 71.5 Å². The lowest BCUT2D eigenvalue weighted by atomic mass is 10.1. The van der Waals surface area contributed by atoms with Crippen molar-refractivity contribution in [2.45, 2.75) is 13.5 Å². The Kier molecular flexibility index (Phi) is 6.67. The molecule has 0 aliphatic heterocycles. The number of amides is 2. The van der Waals surface area contributed by atoms with Crippen LogP contribution in [0.2, 0.25) is 5.02 Å². The zero-order chi connectivity index (χ0) is 23.4. The van der Waals surface area contributed by atoms with Crippen LogP contribution < -0.4 is 16.4 Å². The summed E-state index contributed by atoms with van der Waals surface area (Å²) in [4.78, 5) is 39.2. The monoisotopic (exact) mass is 478 g/mol. The number of aryl methyl sites for hydroxylation is 1. The van der Waals surface area contributed by atoms with E-state index in [1.165, 1.54) is 22.1 Å². The Balaban J connectivity index is 1.44. The number of hydrogen-bond acceptors (Lipinski definition) is 5. The summed E-state index contributed by atoms with van der Waals surface area (Å²) in [6.07, 6.45) is 2.98. The second-order valence-electron chi connectivity index (χ2n) is 7.00. The van der Waals surface area contributed by atoms with Gasteiger partial charge >= 0.3 is 0 Å². The molecule has 0 aliphatic carbocycles. The maximum Gasteiger partial charge on any atom is 0.290 e. The van der Waals surface area contributed by atoms with Crippen molar-refractivity contribution in [1.82, 2.24) is 20.6 Å². The molecule has 2 aromatic carbocycles. The van der Waals surface area contributed by atoms with Crippen molar-refractivity contribution in [3.05, 3.63) is 92.7 Å². The number of nitrogens with zero attached hydrogens (tertiary/aromatic N) is 2. The highest BCUT2D eigenvalue weighted by molar-refractivity contribution is 7.16. The molecule has 2 heterocycles. The van der Waals surface area contributed by atoms with E-state index in [0.29, 0.717) is 22.3 Å². The Labute approximate surface area is 198 Å². The summed E-state index contributed by atoms with van der Waals surface area (Å²) in [5, 5.41) is 5.61. The third kappa shape index (κ3) is 5.02. The number of halogens is 1. The smallest absolute Gasteiger partial charge is 0.268 e. The zero-order valence-corrected chi connectivity index (χ0v) is 19.1. The Morgan fingerprint density at radius 2 is 1.85 bits per heavy atom. The molecule has 4 rings (SSSR count). The van der Waals surface area contributed by atoms with E-state index in [1.54, 1.807) is 37.3 Å². The zero-order valence-electron chi connectivity index (χ0n) is 17.5. The maximum absolute atomic E-state index is 12.7. The van der Waals surface area contributed by atoms with E-state index in [0.717, 1.165) is 15.3 Å². The van der Waals surface area contributed by atoms with Gasteiger partial charge in [0.25, 0.3) is 17.4 Å². The molecule has 0 atom stereocenters. The lowest BCUT2D eigenvalue weighted by Crippen LogP contribution is -2.42. The molecule has 33 heavy (non-hydrogen) atoms. The molecule has 2 N–H and O–H groups in total. The van der Waals surface area contributed by atoms with Gasteiger partial charge in [-0.3, -0.25) is 25.2 Å². The summed E-state index contributed by atoms with van der Waals surface area (Å²) >= 11 is 7.56. The quantitative estimate of drug-likeness (QED) is 0.331. The van der Waals surface area contributed by atoms with Gasteiger partial charge in [-0.05, 0) is 48.9 Å². The molecule has 0 bridgehead atoms. The normalized spacial score (nSPS) is 11.1. The molecule has 0 saturated carbocycles. The summed E-state index contributed by atoms with van der Waals surface area (Å²) in [5.74, 6) is -1.12. The predicted molar refractivity (Wildman–Crippen MR) is 131 cm³/mol. The number of thiophene rings is 1. The van der Waals surface area contributed by atoms with Crippen LogP contribution in [0.4, 0.5) is 0 Å². The Morgan fingerprint density at radius 1 is 1.06 bits per heavy atom. The molecule has 0 unspecified atom stereocenters. The first-order chi connectivity index (χ1) is 16.0. The molecule has 9 heteroatoms. The van der Waals surface area contributed by atoms with Crippen molar-refractivity contribution in [1.29, 1.82) is 0 Å². The van der Waals surface area contributed by atoms with Gasteiger partial charge < -0.3 is 0 Å². The summed E-state index contributed by atoms with van der Waals surface area (Å²) in [6.45, 7) is 2.08. The van der Waals surface area contributed by atoms with Gasteiger partial charge in [-0.15, -0.1) is 11.3 Å². The van der Waals surface area contributed by atoms with Crippen LogP contribution in [0.5, 0.6) is 0 Å². The van der Waals surface area contributed by atoms with E-state index in [1.807, 2.05) is 36.4 Å². The van der Waals surface area contributed by atoms with Crippen LogP contribution in [0.1, 0.15) is 22.3 Å². The number of hydrogen-bond donors (Lipinski definition) is 2. The number of hydrazine groups is 1. The molecule has 0 saturated heterocycles. The summed E-state index contributed by atoms with van der Waals surface area (Å²) in [5.41, 5.74) is 5.48. The number of fused-ring (bicyclic) bond motifs is 1. The largest absolute Gasteiger partial charge is 0.290 e. The first-order valence-corrected chi connectivity index (χ1v) is 11.3. The summed E-state index contributed by atoms with van der Waals surface area (Å²) in [6, 6.07) is 18.1. The minimum Gasteiger partial charge on any atom is -0.268 e. The number of aromatic nitrogens is 2. The van der Waals surface area contributed by atoms with Gasteiger partial charge in [0.15, 0.2) is 5.69 Å². The van der Waals surface area contributed by atoms with Crippen molar-refractivity contribution in [3.8, 4) is 10.4 Å². The van der Waals surface area contributed by atoms with E-state index >= 15 is 0 Å². The average Bonchev–Trinajstić information content (AvgIpc) is 3.31. The van der Waals surface area contributed by atoms with E-state index in [9.17, 15) is 14.4 Å². The lowest BCUT2D eigenvalue weighted by molar-refractivity contribution is -0.117. The minimum atomic E-state index is -0.616. The number of carbonyl (C=O) groups excluding carboxylic acids is 2. The van der Waals surface area contributed by atoms with E-state index < -0.39 is 11.8 Å². The molecule has 166 valence electrons. The molecular formula is C24H19ClN4O3S. The second kappa shape index (κ2) is 9.81. The highest BCUT2D eigenvalue weighted by Gasteiger charge is 2.16. The highest BCUT2D eigenvalue weighted by atomic mass is 35.5. The van der Waals surface area contributed by atoms with Gasteiger partial charge in [-0.2, -0.15) is 5.10 Å². The van der Waals surface area contributed by atoms with Gasteiger partial charge in [-0.25, -0.2) is 4.68 Å². The summed E-state index contributed by atoms with van der Waals surface area (Å²) in [7, 11) is 0. The molecule has 7 nitrogen and oxygen atoms in total. The van der Waals surface area contributed by atoms with Gasteiger partial charge in [-0.1, -0.05) is 41.9 Å². The van der Waals surface area contributed by atoms with Gasteiger partial charge in [0.2, 0.25) is 0 Å². The molecule has 0 spiro atoms.